The second-order valence-corrected chi connectivity index (χ2v) is 12.1. The number of β-lactam (4-membered cyclic amide) rings is 1. The molecule has 0 bridgehead atoms. The van der Waals surface area contributed by atoms with Gasteiger partial charge in [0.1, 0.15) is 40.7 Å². The van der Waals surface area contributed by atoms with Crippen molar-refractivity contribution < 1.29 is 37.8 Å². The summed E-state index contributed by atoms with van der Waals surface area (Å²) in [5.74, 6) is -1.00. The Morgan fingerprint density at radius 2 is 2.00 bits per heavy atom. The third-order valence-electron chi connectivity index (χ3n) is 6.86. The number of allylic oxidation sites excluding steroid dienone is 1. The smallest absolute Gasteiger partial charge is 0.358 e. The Labute approximate surface area is 264 Å². The van der Waals surface area contributed by atoms with Gasteiger partial charge in [0.05, 0.1) is 6.42 Å². The number of hydrogen-bond acceptors (Lipinski definition) is 12. The van der Waals surface area contributed by atoms with Crippen molar-refractivity contribution in [3.8, 4) is 17.2 Å². The predicted molar refractivity (Wildman–Crippen MR) is 164 cm³/mol. The highest BCUT2D eigenvalue weighted by atomic mass is 32.2. The van der Waals surface area contributed by atoms with E-state index in [-0.39, 0.29) is 30.1 Å². The van der Waals surface area contributed by atoms with E-state index in [9.17, 15) is 24.0 Å². The van der Waals surface area contributed by atoms with Gasteiger partial charge in [0.2, 0.25) is 12.7 Å². The molecule has 4 heterocycles. The molecule has 14 heteroatoms. The summed E-state index contributed by atoms with van der Waals surface area (Å²) in [5.41, 5.74) is 1.93. The fraction of sp³-hybridized carbons (Fsp3) is 0.226. The minimum Gasteiger partial charge on any atom is -0.489 e. The number of nitrogens with one attached hydrogen (secondary N) is 1. The van der Waals surface area contributed by atoms with Crippen molar-refractivity contribution in [1.82, 2.24) is 15.2 Å². The Bertz CT molecular complexity index is 1880. The first-order valence-corrected chi connectivity index (χ1v) is 15.6. The summed E-state index contributed by atoms with van der Waals surface area (Å²) >= 11 is 2.85. The number of ether oxygens (including phenoxy) is 3. The number of hydrogen-bond donors (Lipinski definition) is 1. The molecule has 230 valence electrons. The second kappa shape index (κ2) is 13.0. The van der Waals surface area contributed by atoms with E-state index in [0.717, 1.165) is 4.88 Å². The molecule has 4 aliphatic rings. The Kier molecular flexibility index (Phi) is 8.67. The molecule has 1 N–H and O–H groups in total. The van der Waals surface area contributed by atoms with Crippen molar-refractivity contribution in [3.63, 3.8) is 0 Å². The summed E-state index contributed by atoms with van der Waals surface area (Å²) in [6.45, 7) is 0.688. The Morgan fingerprint density at radius 1 is 1.13 bits per heavy atom. The molecule has 12 nitrogen and oxygen atoms in total. The summed E-state index contributed by atoms with van der Waals surface area (Å²) in [4.78, 5) is 68.4. The Hall–Kier alpha value is -4.95. The summed E-state index contributed by atoms with van der Waals surface area (Å²) in [7, 11) is 0. The number of amides is 2. The normalized spacial score (nSPS) is 17.7. The van der Waals surface area contributed by atoms with Crippen LogP contribution in [0.15, 0.2) is 86.5 Å². The molecular weight excluding hydrogens is 622 g/mol. The van der Waals surface area contributed by atoms with Crippen LogP contribution >= 0.6 is 23.1 Å². The summed E-state index contributed by atoms with van der Waals surface area (Å²) in [6.07, 6.45) is 3.50. The highest BCUT2D eigenvalue weighted by Crippen LogP contribution is 2.41. The first-order valence-electron chi connectivity index (χ1n) is 13.7. The lowest BCUT2D eigenvalue weighted by atomic mass is 10.0. The van der Waals surface area contributed by atoms with Gasteiger partial charge >= 0.3 is 11.9 Å². The molecule has 1 fully saturated rings. The van der Waals surface area contributed by atoms with Crippen molar-refractivity contribution in [3.05, 3.63) is 92.4 Å². The molecule has 1 aliphatic carbocycles. The van der Waals surface area contributed by atoms with E-state index in [1.807, 2.05) is 17.5 Å². The molecule has 45 heavy (non-hydrogen) atoms. The molecule has 1 aromatic carbocycles. The number of thioether (sulfide) groups is 1. The fourth-order valence-corrected chi connectivity index (χ4v) is 6.82. The van der Waals surface area contributed by atoms with Crippen LogP contribution in [0.5, 0.6) is 5.75 Å². The van der Waals surface area contributed by atoms with E-state index in [0.29, 0.717) is 39.6 Å². The van der Waals surface area contributed by atoms with Crippen LogP contribution in [0, 0.1) is 0 Å². The SMILES string of the molecule is CC(=O)OCOC(=O)C1=C(C=CCOc2ccc3nc4ccc(=O)cc-4oc3c2)CS[C@@H]2[C@H](NC(=O)Cc3cccs3)C(=O)N12. The van der Waals surface area contributed by atoms with E-state index in [1.165, 1.54) is 47.1 Å². The number of nitrogens with zero attached hydrogens (tertiary/aromatic N) is 2. The molecule has 0 unspecified atom stereocenters. The van der Waals surface area contributed by atoms with Gasteiger partial charge in [-0.2, -0.15) is 0 Å². The summed E-state index contributed by atoms with van der Waals surface area (Å²) in [5, 5.41) is 4.15. The summed E-state index contributed by atoms with van der Waals surface area (Å²) in [6, 6.07) is 12.4. The number of esters is 2. The number of thiophene rings is 1. The first kappa shape index (κ1) is 30.1. The van der Waals surface area contributed by atoms with Gasteiger partial charge in [-0.25, -0.2) is 9.78 Å². The van der Waals surface area contributed by atoms with Crippen LogP contribution in [-0.4, -0.2) is 64.2 Å². The fourth-order valence-electron chi connectivity index (χ4n) is 4.80. The van der Waals surface area contributed by atoms with Crippen LogP contribution < -0.4 is 15.5 Å². The number of carbonyl (C=O) groups is 4. The predicted octanol–water partition coefficient (Wildman–Crippen LogP) is 3.25. The maximum absolute atomic E-state index is 13.2. The molecule has 3 aliphatic heterocycles. The average molecular weight is 648 g/mol. The van der Waals surface area contributed by atoms with E-state index in [2.05, 4.69) is 10.3 Å². The Balaban J connectivity index is 1.16. The zero-order valence-electron chi connectivity index (χ0n) is 23.7. The highest BCUT2D eigenvalue weighted by Gasteiger charge is 2.54. The molecule has 0 radical (unpaired) electrons. The topological polar surface area (TPSA) is 154 Å². The number of carbonyl (C=O) groups excluding carboxylic acids is 4. The number of aromatic nitrogens is 1. The lowest BCUT2D eigenvalue weighted by Crippen LogP contribution is -2.70. The lowest BCUT2D eigenvalue weighted by molar-refractivity contribution is -0.166. The first-order chi connectivity index (χ1) is 21.8. The lowest BCUT2D eigenvalue weighted by Gasteiger charge is -2.49. The van der Waals surface area contributed by atoms with E-state index < -0.39 is 36.1 Å². The van der Waals surface area contributed by atoms with Crippen molar-refractivity contribution in [2.24, 2.45) is 0 Å². The third-order valence-corrected chi connectivity index (χ3v) is 9.04. The zero-order chi connectivity index (χ0) is 31.5. The van der Waals surface area contributed by atoms with Crippen LogP contribution in [0.3, 0.4) is 0 Å². The molecule has 2 amide bonds. The van der Waals surface area contributed by atoms with Crippen LogP contribution in [0.2, 0.25) is 0 Å². The van der Waals surface area contributed by atoms with Gasteiger partial charge in [-0.3, -0.25) is 24.1 Å². The van der Waals surface area contributed by atoms with Crippen LogP contribution in [0.4, 0.5) is 0 Å². The average Bonchev–Trinajstić information content (AvgIpc) is 3.53. The summed E-state index contributed by atoms with van der Waals surface area (Å²) < 4.78 is 21.6. The largest absolute Gasteiger partial charge is 0.489 e. The maximum atomic E-state index is 13.2. The zero-order valence-corrected chi connectivity index (χ0v) is 25.4. The van der Waals surface area contributed by atoms with E-state index in [4.69, 9.17) is 18.6 Å². The van der Waals surface area contributed by atoms with E-state index in [1.54, 1.807) is 36.4 Å². The van der Waals surface area contributed by atoms with Gasteiger partial charge in [0, 0.05) is 29.7 Å². The van der Waals surface area contributed by atoms with Gasteiger partial charge in [-0.05, 0) is 47.4 Å². The number of rotatable bonds is 10. The van der Waals surface area contributed by atoms with Gasteiger partial charge in [0.25, 0.3) is 5.91 Å². The monoisotopic (exact) mass is 647 g/mol. The minimum absolute atomic E-state index is 0.0103. The molecule has 2 atom stereocenters. The van der Waals surface area contributed by atoms with Crippen LogP contribution in [0.25, 0.3) is 22.6 Å². The van der Waals surface area contributed by atoms with Crippen molar-refractivity contribution in [1.29, 1.82) is 0 Å². The molecule has 0 spiro atoms. The number of fused-ring (bicyclic) bond motifs is 3. The number of benzene rings is 2. The molecule has 1 saturated heterocycles. The van der Waals surface area contributed by atoms with E-state index >= 15 is 0 Å². The highest BCUT2D eigenvalue weighted by molar-refractivity contribution is 8.00. The maximum Gasteiger partial charge on any atom is 0.358 e. The molecule has 1 aromatic heterocycles. The molecule has 2 aromatic rings. The molecular formula is C31H25N3O9S2. The second-order valence-electron chi connectivity index (χ2n) is 9.96. The van der Waals surface area contributed by atoms with Crippen molar-refractivity contribution in [2.75, 3.05) is 19.2 Å². The van der Waals surface area contributed by atoms with Crippen molar-refractivity contribution >= 4 is 58.0 Å². The minimum atomic E-state index is -0.837. The standard InChI is InChI=1S/C31H25N3O9S2/c1-17(35)41-16-42-31(39)28-18(15-45-30-27(29(38)34(28)30)33-26(37)14-21-5-3-11-44-21)4-2-10-40-20-7-9-23-25(13-20)43-24-12-19(36)6-8-22(24)32-23/h2-9,11-13,27,30H,10,14-16H2,1H3,(H,33,37)/t27-,30-/m1/s1. The quantitative estimate of drug-likeness (QED) is 0.117. The van der Waals surface area contributed by atoms with Gasteiger partial charge in [0.15, 0.2) is 16.8 Å². The van der Waals surface area contributed by atoms with Gasteiger partial charge in [-0.15, -0.1) is 23.1 Å². The van der Waals surface area contributed by atoms with Crippen LogP contribution in [0.1, 0.15) is 11.8 Å². The van der Waals surface area contributed by atoms with Crippen molar-refractivity contribution in [2.45, 2.75) is 24.8 Å². The molecule has 0 saturated carbocycles. The Morgan fingerprint density at radius 3 is 2.80 bits per heavy atom. The third kappa shape index (κ3) is 6.61. The van der Waals surface area contributed by atoms with Gasteiger partial charge < -0.3 is 23.9 Å². The van der Waals surface area contributed by atoms with Crippen LogP contribution in [-0.2, 0) is 35.1 Å². The molecule has 6 rings (SSSR count). The van der Waals surface area contributed by atoms with Gasteiger partial charge in [-0.1, -0.05) is 12.1 Å².